The molecule has 1 saturated carbocycles. The fraction of sp³-hybridized carbons (Fsp3) is 0.286. The molecule has 0 bridgehead atoms. The number of nitrogens with one attached hydrogen (secondary N) is 1. The molecule has 0 spiro atoms. The van der Waals surface area contributed by atoms with Crippen molar-refractivity contribution in [2.45, 2.75) is 25.4 Å². The molecule has 3 rings (SSSR count). The predicted octanol–water partition coefficient (Wildman–Crippen LogP) is 1.50. The van der Waals surface area contributed by atoms with Crippen molar-refractivity contribution in [3.63, 3.8) is 0 Å². The van der Waals surface area contributed by atoms with Crippen molar-refractivity contribution in [1.82, 2.24) is 15.1 Å². The Labute approximate surface area is 119 Å². The van der Waals surface area contributed by atoms with E-state index in [-0.39, 0.29) is 11.4 Å². The van der Waals surface area contributed by atoms with Gasteiger partial charge >= 0.3 is 0 Å². The average Bonchev–Trinajstić information content (AvgIpc) is 3.12. The highest BCUT2D eigenvalue weighted by Gasteiger charge is 2.21. The Morgan fingerprint density at radius 2 is 2.05 bits per heavy atom. The Morgan fingerprint density at radius 1 is 1.38 bits per heavy atom. The van der Waals surface area contributed by atoms with Crippen LogP contribution in [0.5, 0.6) is 0 Å². The first-order valence-electron chi connectivity index (χ1n) is 6.62. The van der Waals surface area contributed by atoms with E-state index in [1.807, 2.05) is 0 Å². The van der Waals surface area contributed by atoms with Crippen LogP contribution in [-0.2, 0) is 6.54 Å². The molecular weight excluding hydrogens is 278 g/mol. The van der Waals surface area contributed by atoms with Gasteiger partial charge in [0.05, 0.1) is 0 Å². The van der Waals surface area contributed by atoms with Gasteiger partial charge in [0.15, 0.2) is 11.6 Å². The minimum Gasteiger partial charge on any atom is -0.364 e. The second-order valence-corrected chi connectivity index (χ2v) is 5.07. The number of halogens is 2. The SMILES string of the molecule is NC(=O)c1ccn(-c2c(F)cc(CNC3CC3)cc2F)n1. The van der Waals surface area contributed by atoms with Gasteiger partial charge in [-0.25, -0.2) is 13.5 Å². The average molecular weight is 292 g/mol. The van der Waals surface area contributed by atoms with Gasteiger partial charge in [-0.3, -0.25) is 4.79 Å². The Bertz CT molecular complexity index is 671. The fourth-order valence-electron chi connectivity index (χ4n) is 2.07. The van der Waals surface area contributed by atoms with Gasteiger partial charge in [-0.05, 0) is 36.6 Å². The summed E-state index contributed by atoms with van der Waals surface area (Å²) in [5.74, 6) is -2.22. The summed E-state index contributed by atoms with van der Waals surface area (Å²) < 4.78 is 29.2. The lowest BCUT2D eigenvalue weighted by atomic mass is 10.2. The maximum Gasteiger partial charge on any atom is 0.269 e. The topological polar surface area (TPSA) is 72.9 Å². The lowest BCUT2D eigenvalue weighted by molar-refractivity contribution is 0.0995. The summed E-state index contributed by atoms with van der Waals surface area (Å²) >= 11 is 0. The molecule has 21 heavy (non-hydrogen) atoms. The van der Waals surface area contributed by atoms with Crippen molar-refractivity contribution in [2.75, 3.05) is 0 Å². The number of carbonyl (C=O) groups is 1. The highest BCUT2D eigenvalue weighted by Crippen LogP contribution is 2.22. The summed E-state index contributed by atoms with van der Waals surface area (Å²) in [5, 5.41) is 6.95. The van der Waals surface area contributed by atoms with E-state index in [9.17, 15) is 13.6 Å². The van der Waals surface area contributed by atoms with Crippen LogP contribution in [0.1, 0.15) is 28.9 Å². The van der Waals surface area contributed by atoms with Gasteiger partial charge in [-0.15, -0.1) is 0 Å². The number of aromatic nitrogens is 2. The van der Waals surface area contributed by atoms with Gasteiger partial charge in [0.1, 0.15) is 11.4 Å². The van der Waals surface area contributed by atoms with Gasteiger partial charge in [0, 0.05) is 18.8 Å². The maximum atomic E-state index is 14.1. The predicted molar refractivity (Wildman–Crippen MR) is 71.9 cm³/mol. The monoisotopic (exact) mass is 292 g/mol. The summed E-state index contributed by atoms with van der Waals surface area (Å²) in [7, 11) is 0. The molecule has 5 nitrogen and oxygen atoms in total. The van der Waals surface area contributed by atoms with E-state index in [0.29, 0.717) is 18.2 Å². The molecule has 1 aromatic carbocycles. The lowest BCUT2D eigenvalue weighted by Crippen LogP contribution is -2.16. The van der Waals surface area contributed by atoms with E-state index in [0.717, 1.165) is 17.5 Å². The van der Waals surface area contributed by atoms with Gasteiger partial charge < -0.3 is 11.1 Å². The minimum absolute atomic E-state index is 0.0479. The molecule has 3 N–H and O–H groups in total. The van der Waals surface area contributed by atoms with E-state index < -0.39 is 17.5 Å². The summed E-state index contributed by atoms with van der Waals surface area (Å²) in [6.45, 7) is 0.421. The Hall–Kier alpha value is -2.28. The first-order chi connectivity index (χ1) is 10.0. The molecule has 1 amide bonds. The standard InChI is InChI=1S/C14H14F2N4O/c15-10-5-8(7-18-9-1-2-9)6-11(16)13(10)20-4-3-12(19-20)14(17)21/h3-6,9,18H,1-2,7H2,(H2,17,21). The van der Waals surface area contributed by atoms with E-state index in [1.54, 1.807) is 0 Å². The number of benzene rings is 1. The number of amides is 1. The fourth-order valence-corrected chi connectivity index (χ4v) is 2.07. The summed E-state index contributed by atoms with van der Waals surface area (Å²) in [6.07, 6.45) is 3.50. The molecule has 1 heterocycles. The van der Waals surface area contributed by atoms with Crippen LogP contribution in [0, 0.1) is 11.6 Å². The third-order valence-electron chi connectivity index (χ3n) is 3.32. The maximum absolute atomic E-state index is 14.1. The third-order valence-corrected chi connectivity index (χ3v) is 3.32. The van der Waals surface area contributed by atoms with E-state index in [4.69, 9.17) is 5.73 Å². The van der Waals surface area contributed by atoms with Gasteiger partial charge in [0.25, 0.3) is 5.91 Å². The molecule has 0 atom stereocenters. The van der Waals surface area contributed by atoms with Crippen molar-refractivity contribution in [3.05, 3.63) is 47.3 Å². The van der Waals surface area contributed by atoms with E-state index >= 15 is 0 Å². The molecule has 0 unspecified atom stereocenters. The zero-order valence-electron chi connectivity index (χ0n) is 11.1. The second-order valence-electron chi connectivity index (χ2n) is 5.07. The van der Waals surface area contributed by atoms with Crippen LogP contribution in [0.4, 0.5) is 8.78 Å². The van der Waals surface area contributed by atoms with Crippen molar-refractivity contribution >= 4 is 5.91 Å². The van der Waals surface area contributed by atoms with Gasteiger partial charge in [-0.1, -0.05) is 0 Å². The van der Waals surface area contributed by atoms with Crippen molar-refractivity contribution in [3.8, 4) is 5.69 Å². The largest absolute Gasteiger partial charge is 0.364 e. The molecule has 2 aromatic rings. The van der Waals surface area contributed by atoms with E-state index in [2.05, 4.69) is 10.4 Å². The molecule has 1 aliphatic rings. The highest BCUT2D eigenvalue weighted by atomic mass is 19.1. The Kier molecular flexibility index (Phi) is 3.42. The van der Waals surface area contributed by atoms with Crippen molar-refractivity contribution in [2.24, 2.45) is 5.73 Å². The second kappa shape index (κ2) is 5.25. The summed E-state index contributed by atoms with van der Waals surface area (Å²) in [4.78, 5) is 11.0. The van der Waals surface area contributed by atoms with Crippen LogP contribution in [0.2, 0.25) is 0 Å². The van der Waals surface area contributed by atoms with Crippen molar-refractivity contribution < 1.29 is 13.6 Å². The molecule has 1 fully saturated rings. The molecule has 7 heteroatoms. The van der Waals surface area contributed by atoms with Crippen molar-refractivity contribution in [1.29, 1.82) is 0 Å². The molecule has 1 aromatic heterocycles. The van der Waals surface area contributed by atoms with Crippen LogP contribution in [0.15, 0.2) is 24.4 Å². The Morgan fingerprint density at radius 3 is 2.57 bits per heavy atom. The lowest BCUT2D eigenvalue weighted by Gasteiger charge is -2.09. The zero-order chi connectivity index (χ0) is 15.0. The van der Waals surface area contributed by atoms with Crippen LogP contribution >= 0.6 is 0 Å². The molecule has 110 valence electrons. The van der Waals surface area contributed by atoms with Crippen LogP contribution in [0.3, 0.4) is 0 Å². The summed E-state index contributed by atoms with van der Waals surface area (Å²) in [6, 6.07) is 4.29. The zero-order valence-corrected chi connectivity index (χ0v) is 11.1. The molecular formula is C14H14F2N4O. The normalized spacial score (nSPS) is 14.4. The number of primary amides is 1. The third kappa shape index (κ3) is 2.92. The summed E-state index contributed by atoms with van der Waals surface area (Å²) in [5.41, 5.74) is 5.23. The van der Waals surface area contributed by atoms with Gasteiger partial charge in [0.2, 0.25) is 0 Å². The van der Waals surface area contributed by atoms with Crippen LogP contribution in [0.25, 0.3) is 5.69 Å². The first kappa shape index (κ1) is 13.7. The van der Waals surface area contributed by atoms with Gasteiger partial charge in [-0.2, -0.15) is 5.10 Å². The quantitative estimate of drug-likeness (QED) is 0.877. The number of carbonyl (C=O) groups excluding carboxylic acids is 1. The number of rotatable bonds is 5. The minimum atomic E-state index is -0.750. The van der Waals surface area contributed by atoms with Crippen LogP contribution in [-0.4, -0.2) is 21.7 Å². The first-order valence-corrected chi connectivity index (χ1v) is 6.62. The molecule has 0 radical (unpaired) electrons. The smallest absolute Gasteiger partial charge is 0.269 e. The number of hydrogen-bond donors (Lipinski definition) is 2. The van der Waals surface area contributed by atoms with E-state index in [1.165, 1.54) is 24.4 Å². The number of nitrogens with two attached hydrogens (primary N) is 1. The number of hydrogen-bond acceptors (Lipinski definition) is 3. The Balaban J connectivity index is 1.88. The number of nitrogens with zero attached hydrogens (tertiary/aromatic N) is 2. The van der Waals surface area contributed by atoms with Crippen LogP contribution < -0.4 is 11.1 Å². The highest BCUT2D eigenvalue weighted by molar-refractivity contribution is 5.90. The molecule has 1 aliphatic carbocycles. The molecule has 0 saturated heterocycles. The molecule has 0 aliphatic heterocycles.